The second kappa shape index (κ2) is 10.0. The fourth-order valence-electron chi connectivity index (χ4n) is 3.60. The van der Waals surface area contributed by atoms with Crippen molar-refractivity contribution in [2.45, 2.75) is 38.3 Å². The summed E-state index contributed by atoms with van der Waals surface area (Å²) in [5.74, 6) is -0.240. The van der Waals surface area contributed by atoms with Gasteiger partial charge in [0.05, 0.1) is 18.5 Å². The number of benzene rings is 1. The van der Waals surface area contributed by atoms with Gasteiger partial charge in [-0.05, 0) is 55.1 Å². The third-order valence-electron chi connectivity index (χ3n) is 4.99. The molecule has 0 aliphatic carbocycles. The lowest BCUT2D eigenvalue weighted by molar-refractivity contribution is -0.123. The minimum Gasteiger partial charge on any atom is -0.354 e. The quantitative estimate of drug-likeness (QED) is 0.681. The molecule has 1 fully saturated rings. The normalized spacial score (nSPS) is 16.5. The van der Waals surface area contributed by atoms with Gasteiger partial charge in [0.25, 0.3) is 0 Å². The van der Waals surface area contributed by atoms with E-state index in [-0.39, 0.29) is 30.3 Å². The van der Waals surface area contributed by atoms with E-state index in [1.807, 2.05) is 12.1 Å². The largest absolute Gasteiger partial charge is 0.354 e. The number of nitrogens with zero attached hydrogens (tertiary/aromatic N) is 1. The molecular weight excluding hydrogens is 394 g/mol. The molecule has 0 bridgehead atoms. The zero-order valence-electron chi connectivity index (χ0n) is 16.0. The van der Waals surface area contributed by atoms with Crippen LogP contribution < -0.4 is 10.6 Å². The smallest absolute Gasteiger partial charge is 0.222 e. The van der Waals surface area contributed by atoms with E-state index in [1.54, 1.807) is 23.5 Å². The first-order valence-electron chi connectivity index (χ1n) is 9.59. The highest BCUT2D eigenvalue weighted by Gasteiger charge is 2.25. The molecule has 3 rings (SSSR count). The summed E-state index contributed by atoms with van der Waals surface area (Å²) in [6.45, 7) is 4.17. The number of thiophene rings is 1. The molecule has 1 aromatic heterocycles. The van der Waals surface area contributed by atoms with Crippen molar-refractivity contribution < 1.29 is 9.59 Å². The maximum absolute atomic E-state index is 12.7. The SMILES string of the molecule is CC(=O)NC(CC(=O)NCC(c1cccs1)N1CCCC1)c1ccc(Cl)cc1. The average Bonchev–Trinajstić information content (AvgIpc) is 3.36. The summed E-state index contributed by atoms with van der Waals surface area (Å²) >= 11 is 7.68. The number of hydrogen-bond donors (Lipinski definition) is 2. The van der Waals surface area contributed by atoms with E-state index < -0.39 is 0 Å². The number of likely N-dealkylation sites (tertiary alicyclic amines) is 1. The van der Waals surface area contributed by atoms with Gasteiger partial charge >= 0.3 is 0 Å². The highest BCUT2D eigenvalue weighted by Crippen LogP contribution is 2.28. The maximum Gasteiger partial charge on any atom is 0.222 e. The molecule has 0 saturated carbocycles. The molecule has 2 N–H and O–H groups in total. The molecule has 1 aliphatic rings. The number of nitrogens with one attached hydrogen (secondary N) is 2. The molecule has 5 nitrogen and oxygen atoms in total. The van der Waals surface area contributed by atoms with Crippen molar-refractivity contribution in [3.05, 3.63) is 57.2 Å². The Labute approximate surface area is 175 Å². The average molecular weight is 420 g/mol. The van der Waals surface area contributed by atoms with E-state index >= 15 is 0 Å². The monoisotopic (exact) mass is 419 g/mol. The lowest BCUT2D eigenvalue weighted by Gasteiger charge is -2.27. The number of hydrogen-bond acceptors (Lipinski definition) is 4. The van der Waals surface area contributed by atoms with Crippen LogP contribution in [0.2, 0.25) is 5.02 Å². The zero-order chi connectivity index (χ0) is 19.9. The summed E-state index contributed by atoms with van der Waals surface area (Å²) in [4.78, 5) is 28.0. The lowest BCUT2D eigenvalue weighted by atomic mass is 10.0. The number of carbonyl (C=O) groups excluding carboxylic acids is 2. The van der Waals surface area contributed by atoms with Crippen LogP contribution in [-0.4, -0.2) is 36.3 Å². The van der Waals surface area contributed by atoms with Gasteiger partial charge in [-0.1, -0.05) is 29.8 Å². The number of amides is 2. The summed E-state index contributed by atoms with van der Waals surface area (Å²) in [5, 5.41) is 8.65. The standard InChI is InChI=1S/C21H26ClN3O2S/c1-15(26)24-18(16-6-8-17(22)9-7-16)13-21(27)23-14-19(20-5-4-12-28-20)25-10-2-3-11-25/h4-9,12,18-19H,2-3,10-11,13-14H2,1H3,(H,23,27)(H,24,26). The fraction of sp³-hybridized carbons (Fsp3) is 0.429. The second-order valence-corrected chi connectivity index (χ2v) is 8.50. The molecule has 2 heterocycles. The Balaban J connectivity index is 1.62. The predicted molar refractivity (Wildman–Crippen MR) is 114 cm³/mol. The van der Waals surface area contributed by atoms with E-state index in [2.05, 4.69) is 33.0 Å². The molecule has 2 atom stereocenters. The van der Waals surface area contributed by atoms with Crippen LogP contribution >= 0.6 is 22.9 Å². The third kappa shape index (κ3) is 5.80. The lowest BCUT2D eigenvalue weighted by Crippen LogP contribution is -2.38. The Morgan fingerprint density at radius 2 is 1.89 bits per heavy atom. The van der Waals surface area contributed by atoms with Crippen LogP contribution in [0, 0.1) is 0 Å². The third-order valence-corrected chi connectivity index (χ3v) is 6.21. The first kappa shape index (κ1) is 20.8. The van der Waals surface area contributed by atoms with Gasteiger partial charge in [-0.25, -0.2) is 0 Å². The van der Waals surface area contributed by atoms with Gasteiger partial charge in [0.2, 0.25) is 11.8 Å². The Morgan fingerprint density at radius 1 is 1.18 bits per heavy atom. The van der Waals surface area contributed by atoms with Crippen LogP contribution in [0.5, 0.6) is 0 Å². The molecule has 2 unspecified atom stereocenters. The van der Waals surface area contributed by atoms with E-state index in [0.717, 1.165) is 18.7 Å². The van der Waals surface area contributed by atoms with E-state index in [4.69, 9.17) is 11.6 Å². The van der Waals surface area contributed by atoms with Gasteiger partial charge in [0.1, 0.15) is 0 Å². The Morgan fingerprint density at radius 3 is 2.50 bits per heavy atom. The van der Waals surface area contributed by atoms with Crippen molar-refractivity contribution in [2.75, 3.05) is 19.6 Å². The summed E-state index contributed by atoms with van der Waals surface area (Å²) in [7, 11) is 0. The van der Waals surface area contributed by atoms with Crippen molar-refractivity contribution >= 4 is 34.8 Å². The summed E-state index contributed by atoms with van der Waals surface area (Å²) < 4.78 is 0. The summed E-state index contributed by atoms with van der Waals surface area (Å²) in [5.41, 5.74) is 0.865. The Hall–Kier alpha value is -1.89. The second-order valence-electron chi connectivity index (χ2n) is 7.09. The zero-order valence-corrected chi connectivity index (χ0v) is 17.6. The topological polar surface area (TPSA) is 61.4 Å². The van der Waals surface area contributed by atoms with Crippen molar-refractivity contribution in [2.24, 2.45) is 0 Å². The highest BCUT2D eigenvalue weighted by molar-refractivity contribution is 7.10. The van der Waals surface area contributed by atoms with Crippen LogP contribution in [0.1, 0.15) is 48.7 Å². The van der Waals surface area contributed by atoms with Crippen LogP contribution in [0.4, 0.5) is 0 Å². The van der Waals surface area contributed by atoms with Crippen molar-refractivity contribution in [1.82, 2.24) is 15.5 Å². The number of halogens is 1. The molecule has 28 heavy (non-hydrogen) atoms. The molecule has 1 saturated heterocycles. The first-order valence-corrected chi connectivity index (χ1v) is 10.9. The van der Waals surface area contributed by atoms with E-state index in [0.29, 0.717) is 11.6 Å². The number of rotatable bonds is 8. The van der Waals surface area contributed by atoms with Crippen LogP contribution in [0.3, 0.4) is 0 Å². The van der Waals surface area contributed by atoms with Gasteiger partial charge in [-0.15, -0.1) is 11.3 Å². The van der Waals surface area contributed by atoms with Gasteiger partial charge < -0.3 is 10.6 Å². The van der Waals surface area contributed by atoms with Gasteiger partial charge in [-0.3, -0.25) is 14.5 Å². The van der Waals surface area contributed by atoms with E-state index in [9.17, 15) is 9.59 Å². The summed E-state index contributed by atoms with van der Waals surface area (Å²) in [6.07, 6.45) is 2.60. The molecular formula is C21H26ClN3O2S. The van der Waals surface area contributed by atoms with Crippen molar-refractivity contribution in [3.63, 3.8) is 0 Å². The molecule has 1 aliphatic heterocycles. The van der Waals surface area contributed by atoms with Gasteiger partial charge in [0, 0.05) is 23.4 Å². The molecule has 0 spiro atoms. The molecule has 0 radical (unpaired) electrons. The molecule has 1 aromatic carbocycles. The van der Waals surface area contributed by atoms with Gasteiger partial charge in [-0.2, -0.15) is 0 Å². The molecule has 150 valence electrons. The summed E-state index contributed by atoms with van der Waals surface area (Å²) in [6, 6.07) is 11.2. The minimum atomic E-state index is -0.373. The maximum atomic E-state index is 12.7. The van der Waals surface area contributed by atoms with Crippen LogP contribution in [0.15, 0.2) is 41.8 Å². The molecule has 2 amide bonds. The predicted octanol–water partition coefficient (Wildman–Crippen LogP) is 3.92. The minimum absolute atomic E-state index is 0.0746. The first-order chi connectivity index (χ1) is 13.5. The van der Waals surface area contributed by atoms with E-state index in [1.165, 1.54) is 24.6 Å². The number of carbonyl (C=O) groups is 2. The van der Waals surface area contributed by atoms with Crippen molar-refractivity contribution in [3.8, 4) is 0 Å². The molecule has 2 aromatic rings. The van der Waals surface area contributed by atoms with Gasteiger partial charge in [0.15, 0.2) is 0 Å². The van der Waals surface area contributed by atoms with Crippen molar-refractivity contribution in [1.29, 1.82) is 0 Å². The molecule has 7 heteroatoms. The highest BCUT2D eigenvalue weighted by atomic mass is 35.5. The van der Waals surface area contributed by atoms with Crippen LogP contribution in [-0.2, 0) is 9.59 Å². The Kier molecular flexibility index (Phi) is 7.48. The fourth-order valence-corrected chi connectivity index (χ4v) is 4.59. The van der Waals surface area contributed by atoms with Crippen LogP contribution in [0.25, 0.3) is 0 Å². The Bertz CT molecular complexity index is 773.